The molecule has 40 atom stereocenters. The standard InChI is InChI=1S/C56H94N4O47S2/c1-13(66)57-25-35(76)43(20(8-64)94-49(25)84)102-51-27(59-15(3)68)36(77)44(21(9-65)98-51)103-54-42(83)46(33(74)22(99-54)10-91-55-47(39(80)31(72)19(7-63)97-55)106-50-26(58-14(2)67)34(75)29(70)17(5-61)95-50)105-56-48(40(81)32(73)23(100-56)11-92-108(85,86)87)107-52-28(60-16(4)69)37(78)45(24(101-52)12-93-109(88,89)90)104-53-41(82)38(79)30(71)18(6-62)96-53/h17-56,61-65,70-84H,5-12H2,1-4H3,(H,57,66)(H,58,67)(H,59,68)(H,60,69)(H,85,86,87)(H,88,89,90)/t17-,18-,19-,20-,21-,22-,23-,24-,25-,26-,27-,28-,29-,30+,31-,32-,33-,34-,35-,36-,37-,38+,39+,40+,41-,42+,43-,44-,45-,46+,47+,48+,49-,50+,51+,52+,53+,54+,55+,56-/m1/s1. The fraction of sp³-hybridized carbons (Fsp3) is 0.929. The van der Waals surface area contributed by atoms with E-state index < -0.39 is 343 Å². The summed E-state index contributed by atoms with van der Waals surface area (Å²) in [7, 11) is -11.1. The lowest BCUT2D eigenvalue weighted by molar-refractivity contribution is -0.398. The molecule has 0 aromatic carbocycles. The van der Waals surface area contributed by atoms with Crippen LogP contribution in [0.15, 0.2) is 0 Å². The Morgan fingerprint density at radius 1 is 0.284 bits per heavy atom. The topological polar surface area (TPSA) is 787 Å². The van der Waals surface area contributed by atoms with Crippen LogP contribution < -0.4 is 21.3 Å². The summed E-state index contributed by atoms with van der Waals surface area (Å²) >= 11 is 0. The van der Waals surface area contributed by atoms with E-state index in [1.807, 2.05) is 0 Å². The van der Waals surface area contributed by atoms with Gasteiger partial charge in [-0.3, -0.25) is 28.3 Å². The molecule has 8 rings (SSSR count). The van der Waals surface area contributed by atoms with Gasteiger partial charge in [-0.25, -0.2) is 8.37 Å². The van der Waals surface area contributed by atoms with Crippen LogP contribution in [0.4, 0.5) is 0 Å². The van der Waals surface area contributed by atoms with E-state index in [0.717, 1.165) is 27.7 Å². The van der Waals surface area contributed by atoms with Gasteiger partial charge in [0.2, 0.25) is 23.6 Å². The van der Waals surface area contributed by atoms with E-state index in [1.54, 1.807) is 0 Å². The zero-order chi connectivity index (χ0) is 80.9. The van der Waals surface area contributed by atoms with Gasteiger partial charge in [0.05, 0.1) is 52.9 Å². The van der Waals surface area contributed by atoms with Gasteiger partial charge in [0.15, 0.2) is 50.3 Å². The van der Waals surface area contributed by atoms with Crippen molar-refractivity contribution < 1.29 is 227 Å². The fourth-order valence-electron chi connectivity index (χ4n) is 13.2. The fourth-order valence-corrected chi connectivity index (χ4v) is 13.9. The Hall–Kier alpha value is -3.78. The van der Waals surface area contributed by atoms with Crippen LogP contribution in [-0.4, -0.2) is 450 Å². The van der Waals surface area contributed by atoms with Crippen molar-refractivity contribution in [2.24, 2.45) is 0 Å². The summed E-state index contributed by atoms with van der Waals surface area (Å²) in [4.78, 5) is 50.5. The summed E-state index contributed by atoms with van der Waals surface area (Å²) in [6.45, 7) is -6.01. The summed E-state index contributed by atoms with van der Waals surface area (Å²) < 4.78 is 165. The normalized spacial score (nSPS) is 46.0. The van der Waals surface area contributed by atoms with Crippen LogP contribution >= 0.6 is 0 Å². The predicted molar refractivity (Wildman–Crippen MR) is 332 cm³/mol. The van der Waals surface area contributed by atoms with E-state index in [-0.39, 0.29) is 0 Å². The van der Waals surface area contributed by atoms with Gasteiger partial charge in [0, 0.05) is 27.7 Å². The number of carbonyl (C=O) groups excluding carboxylic acids is 4. The lowest BCUT2D eigenvalue weighted by Gasteiger charge is -2.51. The maximum absolute atomic E-state index is 13.0. The van der Waals surface area contributed by atoms with E-state index in [9.17, 15) is 147 Å². The molecule has 8 heterocycles. The molecule has 109 heavy (non-hydrogen) atoms. The first-order valence-corrected chi connectivity index (χ1v) is 36.2. The highest BCUT2D eigenvalue weighted by Gasteiger charge is 2.60. The molecule has 0 aliphatic carbocycles. The number of amides is 4. The van der Waals surface area contributed by atoms with Crippen molar-refractivity contribution in [2.45, 2.75) is 273 Å². The van der Waals surface area contributed by atoms with Crippen molar-refractivity contribution in [3.05, 3.63) is 0 Å². The van der Waals surface area contributed by atoms with E-state index >= 15 is 0 Å². The Bertz CT molecular complexity index is 3180. The van der Waals surface area contributed by atoms with Crippen LogP contribution in [-0.2, 0) is 119 Å². The smallest absolute Gasteiger partial charge is 0.394 e. The minimum atomic E-state index is -5.54. The van der Waals surface area contributed by atoms with Crippen molar-refractivity contribution in [3.8, 4) is 0 Å². The molecule has 0 spiro atoms. The second-order valence-corrected chi connectivity index (χ2v) is 28.6. The molecule has 0 saturated carbocycles. The second kappa shape index (κ2) is 38.8. The number of nitrogens with one attached hydrogen (secondary N) is 4. The van der Waals surface area contributed by atoms with Gasteiger partial charge in [-0.15, -0.1) is 0 Å². The van der Waals surface area contributed by atoms with Gasteiger partial charge in [-0.2, -0.15) is 16.8 Å². The first-order valence-electron chi connectivity index (χ1n) is 33.4. The van der Waals surface area contributed by atoms with Gasteiger partial charge >= 0.3 is 20.8 Å². The third kappa shape index (κ3) is 21.9. The highest BCUT2D eigenvalue weighted by atomic mass is 32.3. The molecule has 4 amide bonds. The Labute approximate surface area is 616 Å². The molecular weight excluding hydrogens is 1540 g/mol. The van der Waals surface area contributed by atoms with E-state index in [4.69, 9.17) is 71.1 Å². The summed E-state index contributed by atoms with van der Waals surface area (Å²) in [5.74, 6) is -3.77. The van der Waals surface area contributed by atoms with Gasteiger partial charge in [0.25, 0.3) is 0 Å². The lowest BCUT2D eigenvalue weighted by Crippen LogP contribution is -2.71. The average Bonchev–Trinajstić information content (AvgIpc) is 0.771. The molecule has 0 radical (unpaired) electrons. The van der Waals surface area contributed by atoms with Crippen LogP contribution in [0.3, 0.4) is 0 Å². The van der Waals surface area contributed by atoms with Crippen LogP contribution in [0, 0.1) is 0 Å². The molecule has 0 unspecified atom stereocenters. The first-order chi connectivity index (χ1) is 51.1. The van der Waals surface area contributed by atoms with Crippen molar-refractivity contribution in [3.63, 3.8) is 0 Å². The Morgan fingerprint density at radius 3 is 1.06 bits per heavy atom. The van der Waals surface area contributed by atoms with Crippen molar-refractivity contribution in [2.75, 3.05) is 52.9 Å². The monoisotopic (exact) mass is 1640 g/mol. The first kappa shape index (κ1) is 90.8. The van der Waals surface area contributed by atoms with Crippen LogP contribution in [0.5, 0.6) is 0 Å². The Balaban J connectivity index is 1.19. The average molecular weight is 1640 g/mol. The number of rotatable bonds is 30. The van der Waals surface area contributed by atoms with E-state index in [0.29, 0.717) is 0 Å². The Morgan fingerprint density at radius 2 is 0.587 bits per heavy atom. The molecule has 26 N–H and O–H groups in total. The van der Waals surface area contributed by atoms with Crippen LogP contribution in [0.2, 0.25) is 0 Å². The Kier molecular flexibility index (Phi) is 32.3. The third-order valence-electron chi connectivity index (χ3n) is 18.7. The van der Waals surface area contributed by atoms with Crippen molar-refractivity contribution >= 4 is 44.4 Å². The number of aliphatic hydroxyl groups is 20. The van der Waals surface area contributed by atoms with Gasteiger partial charge in [-0.05, 0) is 0 Å². The highest BCUT2D eigenvalue weighted by molar-refractivity contribution is 7.81. The van der Waals surface area contributed by atoms with Crippen molar-refractivity contribution in [1.29, 1.82) is 0 Å². The SMILES string of the molecule is CC(=O)N[C@@H]1[C@@H](O)[C@H](O[C@@H]2O[C@H](CO)[C@@H](O[C@@H]3O[C@H](CO[C@H]4O[C@H](CO)[C@@H](O)[C@H](O)[C@@H]4O[C@@H]4O[C@H](CO)[C@@H](O)[C@H](O)[C@H]4NC(C)=O)[C@@H](O)[C@H](O[C@H]4O[C@H](COS(=O)(=O)O)[C@@H](O)[C@H](O)[C@@H]4O[C@@H]4O[C@H](COS(=O)(=O)O)[C@@H](O[C@@H]5O[C@H](CO)[C@H](O)[C@H](O)[C@H]5O)[C@H](O)[C@H]4NC(C)=O)[C@@H]3O)[C@H](O)[C@H]2NC(C)=O)[C@@H](CO)O[C@H]1O. The van der Waals surface area contributed by atoms with E-state index in [2.05, 4.69) is 29.6 Å². The molecule has 632 valence electrons. The molecular formula is C56H94N4O47S2. The number of hydrogen-bond acceptors (Lipinski definition) is 45. The number of carbonyl (C=O) groups is 4. The van der Waals surface area contributed by atoms with Crippen LogP contribution in [0.25, 0.3) is 0 Å². The maximum atomic E-state index is 13.0. The van der Waals surface area contributed by atoms with E-state index in [1.165, 1.54) is 0 Å². The number of aliphatic hydroxyl groups excluding tert-OH is 20. The largest absolute Gasteiger partial charge is 0.397 e. The lowest BCUT2D eigenvalue weighted by atomic mass is 9.93. The van der Waals surface area contributed by atoms with Gasteiger partial charge in [0.1, 0.15) is 195 Å². The summed E-state index contributed by atoms with van der Waals surface area (Å²) in [6, 6.07) is -7.62. The molecule has 8 aliphatic rings. The summed E-state index contributed by atoms with van der Waals surface area (Å²) in [5.41, 5.74) is 0. The second-order valence-electron chi connectivity index (χ2n) is 26.4. The third-order valence-corrected chi connectivity index (χ3v) is 19.5. The zero-order valence-electron chi connectivity index (χ0n) is 57.6. The molecule has 8 aliphatic heterocycles. The molecule has 51 nitrogen and oxygen atoms in total. The summed E-state index contributed by atoms with van der Waals surface area (Å²) in [5, 5.41) is 232. The van der Waals surface area contributed by atoms with Gasteiger partial charge in [-0.1, -0.05) is 0 Å². The summed E-state index contributed by atoms with van der Waals surface area (Å²) in [6.07, 6.45) is -79.7. The maximum Gasteiger partial charge on any atom is 0.397 e. The number of ether oxygens (including phenoxy) is 15. The number of hydrogen-bond donors (Lipinski definition) is 26. The molecule has 53 heteroatoms. The molecule has 0 bridgehead atoms. The zero-order valence-corrected chi connectivity index (χ0v) is 59.2. The minimum absolute atomic E-state index is 0.811. The molecule has 0 aromatic rings. The van der Waals surface area contributed by atoms with Gasteiger partial charge < -0.3 is 194 Å². The van der Waals surface area contributed by atoms with Crippen LogP contribution in [0.1, 0.15) is 27.7 Å². The molecule has 8 fully saturated rings. The minimum Gasteiger partial charge on any atom is -0.394 e. The molecule has 0 aromatic heterocycles. The molecule has 8 saturated heterocycles. The van der Waals surface area contributed by atoms with Crippen molar-refractivity contribution in [1.82, 2.24) is 21.3 Å². The quantitative estimate of drug-likeness (QED) is 0.0297. The predicted octanol–water partition coefficient (Wildman–Crippen LogP) is -18.2. The highest BCUT2D eigenvalue weighted by Crippen LogP contribution is 2.39.